The molecule has 3 rings (SSSR count). The van der Waals surface area contributed by atoms with Crippen LogP contribution >= 0.6 is 0 Å². The third-order valence-corrected chi connectivity index (χ3v) is 4.03. The molecule has 1 amide bonds. The zero-order valence-corrected chi connectivity index (χ0v) is 13.4. The van der Waals surface area contributed by atoms with E-state index in [2.05, 4.69) is 5.32 Å². The minimum Gasteiger partial charge on any atom is -0.346 e. The van der Waals surface area contributed by atoms with Gasteiger partial charge in [0.2, 0.25) is 0 Å². The lowest BCUT2D eigenvalue weighted by Crippen LogP contribution is -2.50. The summed E-state index contributed by atoms with van der Waals surface area (Å²) >= 11 is 0. The fourth-order valence-electron chi connectivity index (χ4n) is 2.55. The third kappa shape index (κ3) is 3.78. The molecule has 4 heteroatoms. The molecule has 1 heterocycles. The Balaban J connectivity index is 1.60. The number of carbonyl (C=O) groups excluding carboxylic acids is 1. The van der Waals surface area contributed by atoms with Crippen LogP contribution in [0.15, 0.2) is 54.6 Å². The molecule has 0 aliphatic carbocycles. The van der Waals surface area contributed by atoms with Crippen LogP contribution < -0.4 is 5.32 Å². The van der Waals surface area contributed by atoms with Crippen LogP contribution in [0.3, 0.4) is 0 Å². The average Bonchev–Trinajstić information content (AvgIpc) is 2.58. The Labute approximate surface area is 136 Å². The minimum absolute atomic E-state index is 0.108. The summed E-state index contributed by atoms with van der Waals surface area (Å²) in [6.45, 7) is 4.43. The minimum atomic E-state index is -0.379. The van der Waals surface area contributed by atoms with Crippen LogP contribution in [-0.4, -0.2) is 24.7 Å². The van der Waals surface area contributed by atoms with Crippen molar-refractivity contribution in [3.05, 3.63) is 71.3 Å². The van der Waals surface area contributed by atoms with Crippen LogP contribution in [-0.2, 0) is 9.47 Å². The Hall–Kier alpha value is -2.17. The molecule has 1 aliphatic rings. The number of carbonyl (C=O) groups is 1. The first-order valence-corrected chi connectivity index (χ1v) is 7.83. The summed E-state index contributed by atoms with van der Waals surface area (Å²) in [5.74, 6) is -0.108. The highest BCUT2D eigenvalue weighted by atomic mass is 16.7. The van der Waals surface area contributed by atoms with Gasteiger partial charge in [-0.2, -0.15) is 0 Å². The molecule has 120 valence electrons. The van der Waals surface area contributed by atoms with E-state index in [1.54, 1.807) is 12.1 Å². The number of aryl methyl sites for hydroxylation is 1. The Bertz CT molecular complexity index is 654. The van der Waals surface area contributed by atoms with Crippen LogP contribution in [0.1, 0.15) is 34.7 Å². The van der Waals surface area contributed by atoms with Crippen LogP contribution in [0.25, 0.3) is 0 Å². The van der Waals surface area contributed by atoms with Gasteiger partial charge in [-0.25, -0.2) is 0 Å². The number of rotatable bonds is 3. The molecule has 23 heavy (non-hydrogen) atoms. The van der Waals surface area contributed by atoms with E-state index < -0.39 is 0 Å². The van der Waals surface area contributed by atoms with Crippen molar-refractivity contribution < 1.29 is 14.3 Å². The molecule has 1 aliphatic heterocycles. The maximum Gasteiger partial charge on any atom is 0.251 e. The van der Waals surface area contributed by atoms with E-state index in [0.717, 1.165) is 5.56 Å². The lowest BCUT2D eigenvalue weighted by atomic mass is 10.1. The quantitative estimate of drug-likeness (QED) is 0.946. The van der Waals surface area contributed by atoms with Crippen LogP contribution in [0, 0.1) is 6.92 Å². The molecular formula is C19H21NO3. The molecule has 0 unspecified atom stereocenters. The van der Waals surface area contributed by atoms with Crippen molar-refractivity contribution in [2.75, 3.05) is 6.61 Å². The van der Waals surface area contributed by atoms with Gasteiger partial charge >= 0.3 is 0 Å². The van der Waals surface area contributed by atoms with Gasteiger partial charge in [-0.3, -0.25) is 4.79 Å². The number of hydrogen-bond donors (Lipinski definition) is 1. The van der Waals surface area contributed by atoms with Gasteiger partial charge in [0.1, 0.15) is 0 Å². The predicted molar refractivity (Wildman–Crippen MR) is 88.1 cm³/mol. The van der Waals surface area contributed by atoms with Crippen LogP contribution in [0.4, 0.5) is 0 Å². The van der Waals surface area contributed by atoms with Gasteiger partial charge in [0.15, 0.2) is 6.29 Å². The molecule has 0 bridgehead atoms. The summed E-state index contributed by atoms with van der Waals surface area (Å²) in [5, 5.41) is 2.98. The van der Waals surface area contributed by atoms with Gasteiger partial charge in [-0.05, 0) is 26.0 Å². The summed E-state index contributed by atoms with van der Waals surface area (Å²) in [6.07, 6.45) is -0.502. The topological polar surface area (TPSA) is 47.6 Å². The molecule has 0 spiro atoms. The van der Waals surface area contributed by atoms with Gasteiger partial charge in [0.05, 0.1) is 18.8 Å². The van der Waals surface area contributed by atoms with Gasteiger partial charge in [0, 0.05) is 11.1 Å². The summed E-state index contributed by atoms with van der Waals surface area (Å²) in [5.41, 5.74) is 2.83. The maximum absolute atomic E-state index is 12.2. The second kappa shape index (κ2) is 6.94. The summed E-state index contributed by atoms with van der Waals surface area (Å²) in [4.78, 5) is 12.2. The van der Waals surface area contributed by atoms with Crippen molar-refractivity contribution in [1.82, 2.24) is 5.32 Å². The highest BCUT2D eigenvalue weighted by molar-refractivity contribution is 5.94. The van der Waals surface area contributed by atoms with Crippen molar-refractivity contribution in [3.63, 3.8) is 0 Å². The number of ether oxygens (including phenoxy) is 2. The van der Waals surface area contributed by atoms with Crippen LogP contribution in [0.2, 0.25) is 0 Å². The zero-order valence-electron chi connectivity index (χ0n) is 13.4. The first-order valence-electron chi connectivity index (χ1n) is 7.83. The molecule has 3 atom stereocenters. The number of hydrogen-bond acceptors (Lipinski definition) is 3. The molecule has 0 saturated carbocycles. The molecule has 4 nitrogen and oxygen atoms in total. The third-order valence-electron chi connectivity index (χ3n) is 4.03. The van der Waals surface area contributed by atoms with Crippen molar-refractivity contribution in [3.8, 4) is 0 Å². The normalized spacial score (nSPS) is 24.2. The number of nitrogens with one attached hydrogen (secondary N) is 1. The Morgan fingerprint density at radius 3 is 2.43 bits per heavy atom. The lowest BCUT2D eigenvalue weighted by Gasteiger charge is -2.35. The number of benzene rings is 2. The number of amides is 1. The van der Waals surface area contributed by atoms with Crippen molar-refractivity contribution in [2.24, 2.45) is 0 Å². The highest BCUT2D eigenvalue weighted by Crippen LogP contribution is 2.26. The Morgan fingerprint density at radius 1 is 1.09 bits per heavy atom. The van der Waals surface area contributed by atoms with E-state index >= 15 is 0 Å². The molecular weight excluding hydrogens is 290 g/mol. The fourth-order valence-corrected chi connectivity index (χ4v) is 2.55. The Morgan fingerprint density at radius 2 is 1.78 bits per heavy atom. The monoisotopic (exact) mass is 311 g/mol. The van der Waals surface area contributed by atoms with E-state index in [0.29, 0.717) is 12.2 Å². The van der Waals surface area contributed by atoms with Crippen molar-refractivity contribution >= 4 is 5.91 Å². The Kier molecular flexibility index (Phi) is 4.74. The second-order valence-corrected chi connectivity index (χ2v) is 5.86. The zero-order chi connectivity index (χ0) is 16.2. The summed E-state index contributed by atoms with van der Waals surface area (Å²) < 4.78 is 11.7. The first kappa shape index (κ1) is 15.7. The van der Waals surface area contributed by atoms with Gasteiger partial charge in [-0.15, -0.1) is 0 Å². The van der Waals surface area contributed by atoms with E-state index in [1.807, 2.05) is 56.3 Å². The molecule has 0 aromatic heterocycles. The second-order valence-electron chi connectivity index (χ2n) is 5.86. The largest absolute Gasteiger partial charge is 0.346 e. The predicted octanol–water partition coefficient (Wildman–Crippen LogP) is 3.23. The summed E-state index contributed by atoms with van der Waals surface area (Å²) in [6, 6.07) is 17.1. The van der Waals surface area contributed by atoms with E-state index in [-0.39, 0.29) is 24.3 Å². The standard InChI is InChI=1S/C19H21NO3/c1-13-8-10-16(11-9-13)19-22-12-17(14(2)23-19)20-18(21)15-6-4-3-5-7-15/h3-11,14,17,19H,12H2,1-2H3,(H,20,21)/t14-,17+,19+/m0/s1. The van der Waals surface area contributed by atoms with Gasteiger partial charge in [-0.1, -0.05) is 48.0 Å². The van der Waals surface area contributed by atoms with Crippen LogP contribution in [0.5, 0.6) is 0 Å². The molecule has 1 N–H and O–H groups in total. The SMILES string of the molecule is Cc1ccc([C@@H]2OC[C@@H](NC(=O)c3ccccc3)[C@H](C)O2)cc1. The highest BCUT2D eigenvalue weighted by Gasteiger charge is 2.30. The van der Waals surface area contributed by atoms with Gasteiger partial charge < -0.3 is 14.8 Å². The van der Waals surface area contributed by atoms with E-state index in [9.17, 15) is 4.79 Å². The average molecular weight is 311 g/mol. The molecule has 0 radical (unpaired) electrons. The fraction of sp³-hybridized carbons (Fsp3) is 0.316. The van der Waals surface area contributed by atoms with E-state index in [4.69, 9.17) is 9.47 Å². The molecule has 2 aromatic carbocycles. The van der Waals surface area contributed by atoms with Crippen molar-refractivity contribution in [1.29, 1.82) is 0 Å². The molecule has 1 saturated heterocycles. The lowest BCUT2D eigenvalue weighted by molar-refractivity contribution is -0.222. The smallest absolute Gasteiger partial charge is 0.251 e. The van der Waals surface area contributed by atoms with Crippen molar-refractivity contribution in [2.45, 2.75) is 32.3 Å². The maximum atomic E-state index is 12.2. The molecule has 2 aromatic rings. The van der Waals surface area contributed by atoms with E-state index in [1.165, 1.54) is 5.56 Å². The summed E-state index contributed by atoms with van der Waals surface area (Å²) in [7, 11) is 0. The van der Waals surface area contributed by atoms with Gasteiger partial charge in [0.25, 0.3) is 5.91 Å². The molecule has 1 fully saturated rings. The first-order chi connectivity index (χ1) is 11.1.